The molecule has 0 radical (unpaired) electrons. The molecular formula is C23H30N2O4. The Morgan fingerprint density at radius 1 is 0.759 bits per heavy atom. The van der Waals surface area contributed by atoms with Crippen LogP contribution in [0.4, 0.5) is 5.69 Å². The number of hydrogen-bond donors (Lipinski definition) is 0. The van der Waals surface area contributed by atoms with Crippen LogP contribution in [0.15, 0.2) is 24.3 Å². The lowest BCUT2D eigenvalue weighted by Gasteiger charge is -2.36. The number of rotatable bonds is 1. The van der Waals surface area contributed by atoms with Crippen LogP contribution in [0.5, 0.6) is 23.0 Å². The Morgan fingerprint density at radius 3 is 1.76 bits per heavy atom. The first kappa shape index (κ1) is 19.7. The fraction of sp³-hybridized carbons (Fsp3) is 0.478. The second-order valence-corrected chi connectivity index (χ2v) is 7.72. The number of benzene rings is 2. The molecule has 0 unspecified atom stereocenters. The third-order valence-corrected chi connectivity index (χ3v) is 5.48. The summed E-state index contributed by atoms with van der Waals surface area (Å²) < 4.78 is 24.1. The Balaban J connectivity index is 1.58. The second kappa shape index (κ2) is 8.41. The lowest BCUT2D eigenvalue weighted by molar-refractivity contribution is 0.171. The highest BCUT2D eigenvalue weighted by molar-refractivity contribution is 5.63. The summed E-state index contributed by atoms with van der Waals surface area (Å²) in [5, 5.41) is 0. The Kier molecular flexibility index (Phi) is 5.72. The molecule has 4 rings (SSSR count). The molecule has 29 heavy (non-hydrogen) atoms. The van der Waals surface area contributed by atoms with Crippen LogP contribution in [0.2, 0.25) is 0 Å². The molecule has 2 aromatic carbocycles. The highest BCUT2D eigenvalue weighted by atomic mass is 16.6. The van der Waals surface area contributed by atoms with Crippen LogP contribution >= 0.6 is 0 Å². The zero-order valence-corrected chi connectivity index (χ0v) is 17.8. The molecule has 0 N–H and O–H groups in total. The standard InChI is InChI=1S/C23H30N2O4/c1-5-25-15-24(4)14-18-12-22-23(13-19(18)25)29-9-7-27-21-11-17(3)16(2)10-20(21)26-6-8-28-22/h10-13H,5-9,14-15H2,1-4H3. The van der Waals surface area contributed by atoms with Gasteiger partial charge in [-0.1, -0.05) is 0 Å². The molecule has 0 aromatic heterocycles. The summed E-state index contributed by atoms with van der Waals surface area (Å²) in [7, 11) is 2.13. The molecular weight excluding hydrogens is 368 g/mol. The summed E-state index contributed by atoms with van der Waals surface area (Å²) in [5.74, 6) is 3.03. The Hall–Kier alpha value is -2.60. The normalized spacial score (nSPS) is 17.2. The molecule has 0 saturated carbocycles. The molecule has 0 spiro atoms. The van der Waals surface area contributed by atoms with Crippen LogP contribution in [0, 0.1) is 13.8 Å². The third kappa shape index (κ3) is 4.22. The highest BCUT2D eigenvalue weighted by Gasteiger charge is 2.23. The van der Waals surface area contributed by atoms with Crippen molar-refractivity contribution in [2.24, 2.45) is 0 Å². The van der Waals surface area contributed by atoms with Crippen molar-refractivity contribution < 1.29 is 18.9 Å². The number of aryl methyl sites for hydroxylation is 2. The molecule has 6 nitrogen and oxygen atoms in total. The van der Waals surface area contributed by atoms with Gasteiger partial charge in [-0.2, -0.15) is 0 Å². The van der Waals surface area contributed by atoms with Crippen LogP contribution in [-0.4, -0.2) is 51.6 Å². The molecule has 156 valence electrons. The first-order valence-electron chi connectivity index (χ1n) is 10.3. The van der Waals surface area contributed by atoms with Gasteiger partial charge in [0.2, 0.25) is 0 Å². The van der Waals surface area contributed by atoms with Crippen LogP contribution in [0.25, 0.3) is 0 Å². The molecule has 0 saturated heterocycles. The van der Waals surface area contributed by atoms with E-state index in [1.165, 1.54) is 22.4 Å². The van der Waals surface area contributed by atoms with E-state index in [0.717, 1.165) is 42.8 Å². The van der Waals surface area contributed by atoms with Gasteiger partial charge in [0.15, 0.2) is 23.0 Å². The SMILES string of the molecule is CCN1CN(C)Cc2cc3c(cc21)OCCOc1cc(C)c(C)cc1OCCO3. The van der Waals surface area contributed by atoms with Crippen molar-refractivity contribution in [2.45, 2.75) is 27.3 Å². The smallest absolute Gasteiger partial charge is 0.163 e. The van der Waals surface area contributed by atoms with E-state index in [1.807, 2.05) is 12.1 Å². The van der Waals surface area contributed by atoms with Gasteiger partial charge in [0.05, 0.1) is 6.67 Å². The number of ether oxygens (including phenoxy) is 4. The predicted molar refractivity (Wildman–Crippen MR) is 114 cm³/mol. The van der Waals surface area contributed by atoms with Crippen molar-refractivity contribution in [3.63, 3.8) is 0 Å². The lowest BCUT2D eigenvalue weighted by atomic mass is 10.1. The van der Waals surface area contributed by atoms with Crippen LogP contribution < -0.4 is 23.8 Å². The monoisotopic (exact) mass is 398 g/mol. The minimum Gasteiger partial charge on any atom is -0.486 e. The van der Waals surface area contributed by atoms with Crippen molar-refractivity contribution in [1.29, 1.82) is 0 Å². The second-order valence-electron chi connectivity index (χ2n) is 7.72. The molecule has 6 heteroatoms. The largest absolute Gasteiger partial charge is 0.486 e. The van der Waals surface area contributed by atoms with Crippen molar-refractivity contribution in [3.05, 3.63) is 41.0 Å². The van der Waals surface area contributed by atoms with E-state index in [1.54, 1.807) is 0 Å². The van der Waals surface area contributed by atoms with Crippen molar-refractivity contribution in [3.8, 4) is 23.0 Å². The Morgan fingerprint density at radius 2 is 1.24 bits per heavy atom. The third-order valence-electron chi connectivity index (χ3n) is 5.48. The number of nitrogens with zero attached hydrogens (tertiary/aromatic N) is 2. The van der Waals surface area contributed by atoms with Crippen molar-refractivity contribution in [1.82, 2.24) is 4.90 Å². The van der Waals surface area contributed by atoms with E-state index < -0.39 is 0 Å². The van der Waals surface area contributed by atoms with Gasteiger partial charge >= 0.3 is 0 Å². The van der Waals surface area contributed by atoms with Gasteiger partial charge in [0.1, 0.15) is 26.4 Å². The van der Waals surface area contributed by atoms with E-state index in [-0.39, 0.29) is 0 Å². The first-order valence-corrected chi connectivity index (χ1v) is 10.3. The van der Waals surface area contributed by atoms with Gasteiger partial charge in [-0.15, -0.1) is 0 Å². The van der Waals surface area contributed by atoms with Gasteiger partial charge in [-0.3, -0.25) is 4.90 Å². The fourth-order valence-corrected chi connectivity index (χ4v) is 3.81. The molecule has 2 aliphatic heterocycles. The fourth-order valence-electron chi connectivity index (χ4n) is 3.81. The van der Waals surface area contributed by atoms with E-state index in [4.69, 9.17) is 18.9 Å². The first-order chi connectivity index (χ1) is 14.0. The molecule has 2 aromatic rings. The molecule has 2 heterocycles. The summed E-state index contributed by atoms with van der Waals surface area (Å²) >= 11 is 0. The van der Waals surface area contributed by atoms with Gasteiger partial charge < -0.3 is 23.8 Å². The van der Waals surface area contributed by atoms with Crippen LogP contribution in [0.1, 0.15) is 23.6 Å². The molecule has 0 fully saturated rings. The van der Waals surface area contributed by atoms with E-state index in [9.17, 15) is 0 Å². The van der Waals surface area contributed by atoms with Gasteiger partial charge in [0, 0.05) is 24.8 Å². The lowest BCUT2D eigenvalue weighted by Crippen LogP contribution is -2.40. The summed E-state index contributed by atoms with van der Waals surface area (Å²) in [5.41, 5.74) is 4.83. The van der Waals surface area contributed by atoms with E-state index in [2.05, 4.69) is 49.8 Å². The molecule has 2 aliphatic rings. The minimum atomic E-state index is 0.438. The van der Waals surface area contributed by atoms with Crippen molar-refractivity contribution in [2.75, 3.05) is 51.6 Å². The maximum absolute atomic E-state index is 6.08. The zero-order valence-electron chi connectivity index (χ0n) is 17.8. The van der Waals surface area contributed by atoms with Gasteiger partial charge in [-0.05, 0) is 62.7 Å². The van der Waals surface area contributed by atoms with Crippen molar-refractivity contribution >= 4 is 5.69 Å². The zero-order chi connectivity index (χ0) is 20.4. The average molecular weight is 399 g/mol. The number of hydrogen-bond acceptors (Lipinski definition) is 6. The van der Waals surface area contributed by atoms with E-state index in [0.29, 0.717) is 26.4 Å². The predicted octanol–water partition coefficient (Wildman–Crippen LogP) is 3.76. The topological polar surface area (TPSA) is 43.4 Å². The summed E-state index contributed by atoms with van der Waals surface area (Å²) in [6, 6.07) is 8.26. The Labute approximate surface area is 172 Å². The molecule has 0 bridgehead atoms. The summed E-state index contributed by atoms with van der Waals surface area (Å²) in [6.07, 6.45) is 0. The molecule has 0 amide bonds. The van der Waals surface area contributed by atoms with Gasteiger partial charge in [-0.25, -0.2) is 0 Å². The quantitative estimate of drug-likeness (QED) is 0.729. The number of fused-ring (bicyclic) bond motifs is 3. The van der Waals surface area contributed by atoms with Crippen LogP contribution in [0.3, 0.4) is 0 Å². The minimum absolute atomic E-state index is 0.438. The highest BCUT2D eigenvalue weighted by Crippen LogP contribution is 2.38. The molecule has 0 atom stereocenters. The maximum atomic E-state index is 6.08. The summed E-state index contributed by atoms with van der Waals surface area (Å²) in [4.78, 5) is 4.65. The number of anilines is 1. The molecule has 0 aliphatic carbocycles. The average Bonchev–Trinajstić information content (AvgIpc) is 2.69. The maximum Gasteiger partial charge on any atom is 0.163 e. The summed E-state index contributed by atoms with van der Waals surface area (Å²) in [6.45, 7) is 10.8. The Bertz CT molecular complexity index is 884. The van der Waals surface area contributed by atoms with E-state index >= 15 is 0 Å². The van der Waals surface area contributed by atoms with Crippen LogP contribution in [-0.2, 0) is 6.54 Å². The van der Waals surface area contributed by atoms with Gasteiger partial charge in [0.25, 0.3) is 0 Å².